The molecule has 1 amide bonds. The Kier molecular flexibility index (Phi) is 7.44. The summed E-state index contributed by atoms with van der Waals surface area (Å²) in [5.74, 6) is 1.21. The van der Waals surface area contributed by atoms with Crippen LogP contribution in [0.5, 0.6) is 0 Å². The monoisotopic (exact) mass is 271 g/mol. The van der Waals surface area contributed by atoms with Crippen molar-refractivity contribution in [2.24, 2.45) is 0 Å². The van der Waals surface area contributed by atoms with E-state index < -0.39 is 0 Å². The Labute approximate surface area is 111 Å². The zero-order valence-corrected chi connectivity index (χ0v) is 11.3. The van der Waals surface area contributed by atoms with Crippen LogP contribution in [-0.4, -0.2) is 31.9 Å². The molecule has 0 atom stereocenters. The molecule has 0 saturated heterocycles. The molecule has 100 valence electrons. The summed E-state index contributed by atoms with van der Waals surface area (Å²) in [6, 6.07) is 6.74. The Hall–Kier alpha value is -1.07. The minimum Gasteiger partial charge on any atom is -0.384 e. The molecule has 1 N–H and O–H groups in total. The lowest BCUT2D eigenvalue weighted by Crippen LogP contribution is -2.26. The number of thioether (sulfide) groups is 1. The van der Waals surface area contributed by atoms with Gasteiger partial charge in [-0.25, -0.2) is 4.39 Å². The first-order valence-corrected chi connectivity index (χ1v) is 6.96. The van der Waals surface area contributed by atoms with Crippen LogP contribution in [0.4, 0.5) is 4.39 Å². The summed E-state index contributed by atoms with van der Waals surface area (Å²) in [7, 11) is 1.57. The van der Waals surface area contributed by atoms with E-state index in [2.05, 4.69) is 5.32 Å². The molecule has 1 aromatic rings. The van der Waals surface area contributed by atoms with E-state index in [0.29, 0.717) is 30.9 Å². The molecule has 0 bridgehead atoms. The molecule has 0 aliphatic heterocycles. The lowest BCUT2D eigenvalue weighted by atomic mass is 10.2. The number of methoxy groups -OCH3 is 1. The quantitative estimate of drug-likeness (QED) is 0.737. The van der Waals surface area contributed by atoms with E-state index >= 15 is 0 Å². The maximum absolute atomic E-state index is 13.3. The van der Waals surface area contributed by atoms with Crippen LogP contribution in [0.2, 0.25) is 0 Å². The third-order valence-electron chi connectivity index (χ3n) is 2.32. The van der Waals surface area contributed by atoms with Gasteiger partial charge in [-0.15, -0.1) is 0 Å². The highest BCUT2D eigenvalue weighted by atomic mass is 32.2. The van der Waals surface area contributed by atoms with Gasteiger partial charge >= 0.3 is 0 Å². The van der Waals surface area contributed by atoms with Crippen molar-refractivity contribution >= 4 is 17.7 Å². The summed E-state index contributed by atoms with van der Waals surface area (Å²) in [5.41, 5.74) is 0.702. The fourth-order valence-electron chi connectivity index (χ4n) is 1.34. The first-order valence-electron chi connectivity index (χ1n) is 5.81. The van der Waals surface area contributed by atoms with Crippen LogP contribution in [-0.2, 0) is 15.3 Å². The summed E-state index contributed by atoms with van der Waals surface area (Å²) in [6.45, 7) is 1.04. The number of benzene rings is 1. The highest BCUT2D eigenvalue weighted by Gasteiger charge is 2.02. The van der Waals surface area contributed by atoms with E-state index in [1.54, 1.807) is 31.0 Å². The second kappa shape index (κ2) is 8.94. The summed E-state index contributed by atoms with van der Waals surface area (Å²) in [5, 5.41) is 2.78. The number of halogens is 1. The molecule has 0 unspecified atom stereocenters. The lowest BCUT2D eigenvalue weighted by Gasteiger charge is -2.05. The van der Waals surface area contributed by atoms with Gasteiger partial charge in [0.2, 0.25) is 5.91 Å². The fraction of sp³-hybridized carbons (Fsp3) is 0.462. The van der Waals surface area contributed by atoms with Crippen molar-refractivity contribution < 1.29 is 13.9 Å². The summed E-state index contributed by atoms with van der Waals surface area (Å²) < 4.78 is 18.1. The molecule has 0 saturated carbocycles. The zero-order valence-electron chi connectivity index (χ0n) is 10.4. The highest BCUT2D eigenvalue weighted by Crippen LogP contribution is 2.14. The van der Waals surface area contributed by atoms with Crippen molar-refractivity contribution in [1.82, 2.24) is 5.32 Å². The maximum Gasteiger partial charge on any atom is 0.222 e. The molecule has 18 heavy (non-hydrogen) atoms. The van der Waals surface area contributed by atoms with Crippen LogP contribution >= 0.6 is 11.8 Å². The van der Waals surface area contributed by atoms with Gasteiger partial charge in [-0.3, -0.25) is 4.79 Å². The van der Waals surface area contributed by atoms with Crippen molar-refractivity contribution in [2.75, 3.05) is 26.0 Å². The summed E-state index contributed by atoms with van der Waals surface area (Å²) in [6.07, 6.45) is 0.383. The first kappa shape index (κ1) is 15.0. The van der Waals surface area contributed by atoms with Crippen molar-refractivity contribution in [2.45, 2.75) is 12.2 Å². The molecule has 0 aliphatic rings. The largest absolute Gasteiger partial charge is 0.384 e. The molecule has 0 fully saturated rings. The summed E-state index contributed by atoms with van der Waals surface area (Å²) >= 11 is 1.60. The Bertz CT molecular complexity index is 374. The van der Waals surface area contributed by atoms with E-state index in [4.69, 9.17) is 4.74 Å². The SMILES string of the molecule is COCCC(=O)NCCSCc1ccccc1F. The second-order valence-corrected chi connectivity index (χ2v) is 4.84. The van der Waals surface area contributed by atoms with Gasteiger partial charge in [0.15, 0.2) is 0 Å². The molecule has 5 heteroatoms. The number of carbonyl (C=O) groups is 1. The second-order valence-electron chi connectivity index (χ2n) is 3.74. The lowest BCUT2D eigenvalue weighted by molar-refractivity contribution is -0.121. The Morgan fingerprint density at radius 3 is 2.94 bits per heavy atom. The third-order valence-corrected chi connectivity index (χ3v) is 3.33. The average molecular weight is 271 g/mol. The Morgan fingerprint density at radius 1 is 1.44 bits per heavy atom. The molecule has 0 aromatic heterocycles. The molecule has 1 aromatic carbocycles. The molecule has 1 rings (SSSR count). The summed E-state index contributed by atoms with van der Waals surface area (Å²) in [4.78, 5) is 11.2. The molecular weight excluding hydrogens is 253 g/mol. The molecular formula is C13H18FNO2S. The fourth-order valence-corrected chi connectivity index (χ4v) is 2.19. The van der Waals surface area contributed by atoms with Crippen molar-refractivity contribution in [3.05, 3.63) is 35.6 Å². The normalized spacial score (nSPS) is 10.3. The first-order chi connectivity index (χ1) is 8.74. The number of rotatable bonds is 8. The third kappa shape index (κ3) is 6.02. The topological polar surface area (TPSA) is 38.3 Å². The maximum atomic E-state index is 13.3. The van der Waals surface area contributed by atoms with E-state index in [9.17, 15) is 9.18 Å². The van der Waals surface area contributed by atoms with E-state index in [1.807, 2.05) is 6.07 Å². The standard InChI is InChI=1S/C13H18FNO2S/c1-17-8-6-13(16)15-7-9-18-10-11-4-2-3-5-12(11)14/h2-5H,6-10H2,1H3,(H,15,16). The number of hydrogen-bond acceptors (Lipinski definition) is 3. The van der Waals surface area contributed by atoms with Gasteiger partial charge in [0.05, 0.1) is 6.61 Å². The van der Waals surface area contributed by atoms with Crippen LogP contribution in [0, 0.1) is 5.82 Å². The van der Waals surface area contributed by atoms with Crippen LogP contribution in [0.15, 0.2) is 24.3 Å². The predicted octanol–water partition coefficient (Wildman–Crippen LogP) is 2.21. The van der Waals surface area contributed by atoms with Gasteiger partial charge in [-0.05, 0) is 11.6 Å². The smallest absolute Gasteiger partial charge is 0.222 e. The van der Waals surface area contributed by atoms with E-state index in [-0.39, 0.29) is 11.7 Å². The van der Waals surface area contributed by atoms with Crippen LogP contribution in [0.3, 0.4) is 0 Å². The van der Waals surface area contributed by atoms with Gasteiger partial charge in [0.25, 0.3) is 0 Å². The average Bonchev–Trinajstić information content (AvgIpc) is 2.38. The number of hydrogen-bond donors (Lipinski definition) is 1. The molecule has 0 radical (unpaired) electrons. The van der Waals surface area contributed by atoms with Gasteiger partial charge in [0, 0.05) is 31.6 Å². The van der Waals surface area contributed by atoms with Crippen LogP contribution in [0.25, 0.3) is 0 Å². The number of nitrogens with one attached hydrogen (secondary N) is 1. The van der Waals surface area contributed by atoms with E-state index in [1.165, 1.54) is 6.07 Å². The Balaban J connectivity index is 2.09. The minimum atomic E-state index is -0.172. The van der Waals surface area contributed by atoms with Crippen molar-refractivity contribution in [1.29, 1.82) is 0 Å². The number of amides is 1. The van der Waals surface area contributed by atoms with Crippen molar-refractivity contribution in [3.8, 4) is 0 Å². The minimum absolute atomic E-state index is 0.0108. The zero-order chi connectivity index (χ0) is 13.2. The molecule has 0 spiro atoms. The molecule has 0 aliphatic carbocycles. The number of ether oxygens (including phenoxy) is 1. The number of carbonyl (C=O) groups excluding carboxylic acids is 1. The Morgan fingerprint density at radius 2 is 2.22 bits per heavy atom. The van der Waals surface area contributed by atoms with Gasteiger partial charge < -0.3 is 10.1 Å². The van der Waals surface area contributed by atoms with Gasteiger partial charge in [0.1, 0.15) is 5.82 Å². The highest BCUT2D eigenvalue weighted by molar-refractivity contribution is 7.98. The predicted molar refractivity (Wildman–Crippen MR) is 72.1 cm³/mol. The van der Waals surface area contributed by atoms with E-state index in [0.717, 1.165) is 5.75 Å². The van der Waals surface area contributed by atoms with Crippen molar-refractivity contribution in [3.63, 3.8) is 0 Å². The molecule has 3 nitrogen and oxygen atoms in total. The van der Waals surface area contributed by atoms with Crippen LogP contribution in [0.1, 0.15) is 12.0 Å². The van der Waals surface area contributed by atoms with Crippen LogP contribution < -0.4 is 5.32 Å². The molecule has 0 heterocycles. The van der Waals surface area contributed by atoms with Gasteiger partial charge in [-0.1, -0.05) is 18.2 Å². The van der Waals surface area contributed by atoms with Gasteiger partial charge in [-0.2, -0.15) is 11.8 Å².